The molecule has 2 amide bonds. The molecule has 0 N–H and O–H groups in total. The molecule has 11 heteroatoms. The van der Waals surface area contributed by atoms with Crippen LogP contribution in [0.4, 0.5) is 5.69 Å². The van der Waals surface area contributed by atoms with Gasteiger partial charge in [0.1, 0.15) is 11.5 Å². The van der Waals surface area contributed by atoms with Gasteiger partial charge in [0.25, 0.3) is 5.91 Å². The van der Waals surface area contributed by atoms with E-state index in [1.807, 2.05) is 54.0 Å². The summed E-state index contributed by atoms with van der Waals surface area (Å²) < 4.78 is 34.6. The van der Waals surface area contributed by atoms with Crippen LogP contribution >= 0.6 is 27.3 Å². The van der Waals surface area contributed by atoms with Crippen LogP contribution in [0.2, 0.25) is 0 Å². The summed E-state index contributed by atoms with van der Waals surface area (Å²) in [7, 11) is -3.99. The lowest BCUT2D eigenvalue weighted by atomic mass is 10.0. The maximum atomic E-state index is 12.9. The van der Waals surface area contributed by atoms with Crippen molar-refractivity contribution < 1.29 is 22.7 Å². The smallest absolute Gasteiger partial charge is 0.263 e. The number of hydrogen-bond donors (Lipinski definition) is 0. The van der Waals surface area contributed by atoms with Crippen molar-refractivity contribution in [2.45, 2.75) is 26.3 Å². The van der Waals surface area contributed by atoms with E-state index < -0.39 is 33.2 Å². The molecule has 0 spiro atoms. The Hall–Kier alpha value is -2.34. The molecule has 1 aliphatic heterocycles. The molecular formula is C24H26BrN3O5S2. The van der Waals surface area contributed by atoms with Crippen LogP contribution < -0.4 is 9.70 Å². The molecule has 0 bridgehead atoms. The predicted molar refractivity (Wildman–Crippen MR) is 140 cm³/mol. The lowest BCUT2D eigenvalue weighted by Gasteiger charge is -2.29. The molecule has 8 nitrogen and oxygen atoms in total. The third kappa shape index (κ3) is 6.27. The number of amides is 2. The Morgan fingerprint density at radius 2 is 1.97 bits per heavy atom. The molecular weight excluding hydrogens is 554 g/mol. The number of hydrogen-bond acceptors (Lipinski definition) is 6. The highest BCUT2D eigenvalue weighted by atomic mass is 79.9. The number of aryl methyl sites for hydroxylation is 1. The molecule has 0 saturated heterocycles. The van der Waals surface area contributed by atoms with E-state index in [2.05, 4.69) is 20.9 Å². The van der Waals surface area contributed by atoms with Gasteiger partial charge >= 0.3 is 0 Å². The number of halogens is 1. The Bertz CT molecular complexity index is 1430. The molecule has 0 aliphatic carbocycles. The van der Waals surface area contributed by atoms with Crippen molar-refractivity contribution in [2.24, 2.45) is 4.99 Å². The molecule has 0 radical (unpaired) electrons. The first kappa shape index (κ1) is 25.7. The van der Waals surface area contributed by atoms with Gasteiger partial charge in [0, 0.05) is 29.9 Å². The van der Waals surface area contributed by atoms with Crippen LogP contribution in [0.25, 0.3) is 10.2 Å². The molecule has 2 heterocycles. The van der Waals surface area contributed by atoms with Gasteiger partial charge < -0.3 is 14.2 Å². The van der Waals surface area contributed by atoms with Gasteiger partial charge in [-0.2, -0.15) is 4.99 Å². The first-order valence-corrected chi connectivity index (χ1v) is 14.7. The Labute approximate surface area is 216 Å². The first-order valence-electron chi connectivity index (χ1n) is 11.3. The van der Waals surface area contributed by atoms with Crippen molar-refractivity contribution in [1.29, 1.82) is 0 Å². The van der Waals surface area contributed by atoms with Crippen LogP contribution in [0.5, 0.6) is 0 Å². The monoisotopic (exact) mass is 579 g/mol. The number of benzene rings is 2. The highest BCUT2D eigenvalue weighted by Crippen LogP contribution is 2.27. The zero-order valence-electron chi connectivity index (χ0n) is 19.3. The van der Waals surface area contributed by atoms with Crippen LogP contribution in [0, 0.1) is 0 Å². The number of sulfone groups is 1. The maximum Gasteiger partial charge on any atom is 0.263 e. The number of nitrogens with zero attached hydrogens (tertiary/aromatic N) is 3. The van der Waals surface area contributed by atoms with Crippen molar-refractivity contribution in [3.63, 3.8) is 0 Å². The summed E-state index contributed by atoms with van der Waals surface area (Å²) in [5, 5.41) is 0. The van der Waals surface area contributed by atoms with Crippen LogP contribution in [-0.4, -0.2) is 56.1 Å². The van der Waals surface area contributed by atoms with E-state index in [1.165, 1.54) is 16.2 Å². The fraction of sp³-hybridized carbons (Fsp3) is 0.375. The van der Waals surface area contributed by atoms with Gasteiger partial charge in [0.05, 0.1) is 16.8 Å². The molecule has 0 fully saturated rings. The molecule has 3 aromatic rings. The van der Waals surface area contributed by atoms with Gasteiger partial charge in [-0.05, 0) is 49.6 Å². The highest BCUT2D eigenvalue weighted by molar-refractivity contribution is 9.10. The summed E-state index contributed by atoms with van der Waals surface area (Å²) in [6.07, 6.45) is 1.61. The first-order chi connectivity index (χ1) is 16.8. The normalized spacial score (nSPS) is 14.3. The molecule has 1 aromatic heterocycles. The van der Waals surface area contributed by atoms with Crippen LogP contribution in [0.3, 0.4) is 0 Å². The van der Waals surface area contributed by atoms with Gasteiger partial charge in [0.15, 0.2) is 14.6 Å². The number of rotatable bonds is 8. The minimum atomic E-state index is -3.99. The van der Waals surface area contributed by atoms with Gasteiger partial charge in [-0.1, -0.05) is 45.5 Å². The second kappa shape index (κ2) is 11.2. The van der Waals surface area contributed by atoms with E-state index in [0.717, 1.165) is 38.8 Å². The SMILES string of the molecule is CCOCCn1c(=NC(=O)CS(=O)(=O)CC(=O)N2CCCc3ccccc32)sc2cc(Br)ccc21. The Morgan fingerprint density at radius 1 is 1.17 bits per heavy atom. The van der Waals surface area contributed by atoms with Crippen molar-refractivity contribution in [3.05, 3.63) is 57.3 Å². The number of anilines is 1. The molecule has 35 heavy (non-hydrogen) atoms. The quantitative estimate of drug-likeness (QED) is 0.381. The molecule has 186 valence electrons. The summed E-state index contributed by atoms with van der Waals surface area (Å²) in [4.78, 5) is 31.6. The minimum Gasteiger partial charge on any atom is -0.380 e. The van der Waals surface area contributed by atoms with Gasteiger partial charge in [-0.3, -0.25) is 9.59 Å². The highest BCUT2D eigenvalue weighted by Gasteiger charge is 2.28. The number of thiazole rings is 1. The second-order valence-corrected chi connectivity index (χ2v) is 12.1. The average molecular weight is 581 g/mol. The number of para-hydroxylation sites is 1. The van der Waals surface area contributed by atoms with E-state index in [4.69, 9.17) is 4.74 Å². The van der Waals surface area contributed by atoms with E-state index in [0.29, 0.717) is 31.1 Å². The molecule has 2 aromatic carbocycles. The van der Waals surface area contributed by atoms with Crippen LogP contribution in [0.1, 0.15) is 18.9 Å². The number of aromatic nitrogens is 1. The number of ether oxygens (including phenoxy) is 1. The fourth-order valence-corrected chi connectivity index (χ4v) is 6.79. The zero-order valence-corrected chi connectivity index (χ0v) is 22.5. The van der Waals surface area contributed by atoms with E-state index >= 15 is 0 Å². The second-order valence-electron chi connectivity index (χ2n) is 8.16. The summed E-state index contributed by atoms with van der Waals surface area (Å²) in [5.41, 5.74) is 2.64. The Balaban J connectivity index is 1.53. The summed E-state index contributed by atoms with van der Waals surface area (Å²) in [6, 6.07) is 13.2. The van der Waals surface area contributed by atoms with E-state index in [9.17, 15) is 18.0 Å². The molecule has 4 rings (SSSR count). The topological polar surface area (TPSA) is 98.0 Å². The molecule has 1 aliphatic rings. The predicted octanol–water partition coefficient (Wildman–Crippen LogP) is 3.32. The average Bonchev–Trinajstić information content (AvgIpc) is 3.13. The minimum absolute atomic E-state index is 0.397. The standard InChI is InChI=1S/C24H26BrN3O5S2/c1-2-33-13-12-28-20-10-9-18(25)14-21(20)34-24(28)26-22(29)15-35(31,32)16-23(30)27-11-5-7-17-6-3-4-8-19(17)27/h3-4,6,8-10,14H,2,5,7,11-13,15-16H2,1H3. The third-order valence-corrected chi connectivity index (χ3v) is 8.53. The lowest BCUT2D eigenvalue weighted by Crippen LogP contribution is -2.40. The fourth-order valence-electron chi connectivity index (χ4n) is 4.09. The molecule has 0 unspecified atom stereocenters. The van der Waals surface area contributed by atoms with Gasteiger partial charge in [0.2, 0.25) is 5.91 Å². The molecule has 0 saturated carbocycles. The van der Waals surface area contributed by atoms with Gasteiger partial charge in [-0.25, -0.2) is 8.42 Å². The molecule has 0 atom stereocenters. The zero-order chi connectivity index (χ0) is 25.0. The summed E-state index contributed by atoms with van der Waals surface area (Å²) >= 11 is 4.75. The van der Waals surface area contributed by atoms with E-state index in [1.54, 1.807) is 0 Å². The maximum absolute atomic E-state index is 12.9. The lowest BCUT2D eigenvalue weighted by molar-refractivity contribution is -0.116. The summed E-state index contributed by atoms with van der Waals surface area (Å²) in [6.45, 7) is 3.83. The van der Waals surface area contributed by atoms with E-state index in [-0.39, 0.29) is 0 Å². The number of fused-ring (bicyclic) bond motifs is 2. The largest absolute Gasteiger partial charge is 0.380 e. The number of carbonyl (C=O) groups excluding carboxylic acids is 2. The third-order valence-electron chi connectivity index (χ3n) is 5.63. The van der Waals surface area contributed by atoms with Crippen molar-refractivity contribution in [3.8, 4) is 0 Å². The van der Waals surface area contributed by atoms with Crippen LogP contribution in [0.15, 0.2) is 51.9 Å². The number of carbonyl (C=O) groups is 2. The van der Waals surface area contributed by atoms with Crippen molar-refractivity contribution in [1.82, 2.24) is 4.57 Å². The van der Waals surface area contributed by atoms with Crippen molar-refractivity contribution in [2.75, 3.05) is 36.2 Å². The Morgan fingerprint density at radius 3 is 2.77 bits per heavy atom. The van der Waals surface area contributed by atoms with Gasteiger partial charge in [-0.15, -0.1) is 0 Å². The summed E-state index contributed by atoms with van der Waals surface area (Å²) in [5.74, 6) is -2.87. The van der Waals surface area contributed by atoms with Crippen molar-refractivity contribution >= 4 is 64.8 Å². The Kier molecular flexibility index (Phi) is 8.20. The van der Waals surface area contributed by atoms with Crippen LogP contribution in [-0.2, 0) is 37.1 Å².